The lowest BCUT2D eigenvalue weighted by molar-refractivity contribution is -0.136. The Kier molecular flexibility index (Phi) is 4.17. The maximum Gasteiger partial charge on any atom is 0.226 e. The van der Waals surface area contributed by atoms with Gasteiger partial charge in [-0.15, -0.1) is 0 Å². The Hall–Kier alpha value is -0.770. The molecule has 5 heteroatoms. The molecule has 1 aliphatic carbocycles. The van der Waals surface area contributed by atoms with Crippen LogP contribution in [0.3, 0.4) is 0 Å². The van der Waals surface area contributed by atoms with Gasteiger partial charge in [0.15, 0.2) is 0 Å². The molecule has 1 saturated heterocycles. The zero-order valence-corrected chi connectivity index (χ0v) is 13.6. The van der Waals surface area contributed by atoms with Crippen molar-refractivity contribution >= 4 is 29.1 Å². The van der Waals surface area contributed by atoms with E-state index in [2.05, 4.69) is 6.92 Å². The number of benzene rings is 1. The molecule has 0 radical (unpaired) electrons. The van der Waals surface area contributed by atoms with E-state index in [-0.39, 0.29) is 29.8 Å². The molecule has 4 unspecified atom stereocenters. The highest BCUT2D eigenvalue weighted by Crippen LogP contribution is 2.49. The van der Waals surface area contributed by atoms with Crippen LogP contribution < -0.4 is 5.73 Å². The van der Waals surface area contributed by atoms with Crippen molar-refractivity contribution in [3.05, 3.63) is 33.8 Å². The molecule has 1 heterocycles. The van der Waals surface area contributed by atoms with Gasteiger partial charge in [0.1, 0.15) is 0 Å². The maximum absolute atomic E-state index is 12.7. The number of piperidine rings is 1. The van der Waals surface area contributed by atoms with E-state index in [1.807, 2.05) is 17.0 Å². The molecule has 1 aliphatic heterocycles. The van der Waals surface area contributed by atoms with E-state index in [0.29, 0.717) is 10.0 Å². The molecule has 0 bridgehead atoms. The Morgan fingerprint density at radius 3 is 2.52 bits per heavy atom. The molecule has 2 aliphatic rings. The standard InChI is InChI=1S/C16H20Cl2N2O/c1-9-4-13(19)2-3-20(9)16(21)15-8-14(15)10-5-11(17)7-12(18)6-10/h5-7,9,13-15H,2-4,8,19H2,1H3. The zero-order chi connectivity index (χ0) is 15.1. The van der Waals surface area contributed by atoms with Gasteiger partial charge in [0, 0.05) is 34.6 Å². The minimum absolute atomic E-state index is 0.0799. The number of hydrogen-bond acceptors (Lipinski definition) is 2. The van der Waals surface area contributed by atoms with E-state index in [0.717, 1.165) is 31.4 Å². The molecule has 3 rings (SSSR count). The van der Waals surface area contributed by atoms with Crippen LogP contribution in [-0.2, 0) is 4.79 Å². The van der Waals surface area contributed by atoms with Gasteiger partial charge in [-0.3, -0.25) is 4.79 Å². The molecule has 3 nitrogen and oxygen atoms in total. The van der Waals surface area contributed by atoms with Crippen LogP contribution in [0.4, 0.5) is 0 Å². The largest absolute Gasteiger partial charge is 0.340 e. The third kappa shape index (κ3) is 3.20. The van der Waals surface area contributed by atoms with Crippen molar-refractivity contribution in [1.29, 1.82) is 0 Å². The van der Waals surface area contributed by atoms with E-state index < -0.39 is 0 Å². The van der Waals surface area contributed by atoms with Crippen LogP contribution in [-0.4, -0.2) is 29.4 Å². The lowest BCUT2D eigenvalue weighted by Gasteiger charge is -2.36. The number of nitrogens with zero attached hydrogens (tertiary/aromatic N) is 1. The average Bonchev–Trinajstić information content (AvgIpc) is 3.17. The summed E-state index contributed by atoms with van der Waals surface area (Å²) < 4.78 is 0. The summed E-state index contributed by atoms with van der Waals surface area (Å²) in [6, 6.07) is 6.03. The van der Waals surface area contributed by atoms with E-state index in [1.54, 1.807) is 6.07 Å². The number of carbonyl (C=O) groups excluding carboxylic acids is 1. The smallest absolute Gasteiger partial charge is 0.226 e. The number of halogens is 2. The van der Waals surface area contributed by atoms with Crippen LogP contribution in [0.2, 0.25) is 10.0 Å². The van der Waals surface area contributed by atoms with Crippen molar-refractivity contribution in [3.8, 4) is 0 Å². The Bertz CT molecular complexity index is 543. The van der Waals surface area contributed by atoms with Gasteiger partial charge in [-0.1, -0.05) is 23.2 Å². The minimum atomic E-state index is 0.0799. The number of nitrogens with two attached hydrogens (primary N) is 1. The van der Waals surface area contributed by atoms with Crippen LogP contribution in [0.15, 0.2) is 18.2 Å². The first-order valence-corrected chi connectivity index (χ1v) is 8.23. The number of rotatable bonds is 2. The molecule has 114 valence electrons. The molecule has 2 fully saturated rings. The Labute approximate surface area is 135 Å². The molecular formula is C16H20Cl2N2O. The second-order valence-corrected chi connectivity index (χ2v) is 7.19. The van der Waals surface area contributed by atoms with Gasteiger partial charge >= 0.3 is 0 Å². The van der Waals surface area contributed by atoms with E-state index >= 15 is 0 Å². The van der Waals surface area contributed by atoms with Crippen molar-refractivity contribution in [1.82, 2.24) is 4.90 Å². The summed E-state index contributed by atoms with van der Waals surface area (Å²) >= 11 is 12.1. The SMILES string of the molecule is CC1CC(N)CCN1C(=O)C1CC1c1cc(Cl)cc(Cl)c1. The summed E-state index contributed by atoms with van der Waals surface area (Å²) in [7, 11) is 0. The van der Waals surface area contributed by atoms with Crippen molar-refractivity contribution in [2.45, 2.75) is 44.2 Å². The molecule has 21 heavy (non-hydrogen) atoms. The number of hydrogen-bond donors (Lipinski definition) is 1. The van der Waals surface area contributed by atoms with E-state index in [4.69, 9.17) is 28.9 Å². The first-order valence-electron chi connectivity index (χ1n) is 7.47. The van der Waals surface area contributed by atoms with Crippen LogP contribution in [0.5, 0.6) is 0 Å². The maximum atomic E-state index is 12.7. The summed E-state index contributed by atoms with van der Waals surface area (Å²) in [4.78, 5) is 14.7. The highest BCUT2D eigenvalue weighted by molar-refractivity contribution is 6.34. The van der Waals surface area contributed by atoms with Crippen LogP contribution in [0, 0.1) is 5.92 Å². The summed E-state index contributed by atoms with van der Waals surface area (Å²) in [5, 5.41) is 1.26. The summed E-state index contributed by atoms with van der Waals surface area (Å²) in [5.41, 5.74) is 7.04. The molecule has 1 amide bonds. The minimum Gasteiger partial charge on any atom is -0.340 e. The van der Waals surface area contributed by atoms with Crippen molar-refractivity contribution in [2.24, 2.45) is 11.7 Å². The van der Waals surface area contributed by atoms with Crippen LogP contribution in [0.25, 0.3) is 0 Å². The summed E-state index contributed by atoms with van der Waals surface area (Å²) in [5.74, 6) is 0.600. The second-order valence-electron chi connectivity index (χ2n) is 6.32. The lowest BCUT2D eigenvalue weighted by atomic mass is 9.98. The molecule has 0 aromatic heterocycles. The predicted molar refractivity (Wildman–Crippen MR) is 85.7 cm³/mol. The van der Waals surface area contributed by atoms with Crippen LogP contribution in [0.1, 0.15) is 37.7 Å². The highest BCUT2D eigenvalue weighted by Gasteiger charge is 2.47. The van der Waals surface area contributed by atoms with Gasteiger partial charge in [0.2, 0.25) is 5.91 Å². The van der Waals surface area contributed by atoms with Crippen molar-refractivity contribution in [2.75, 3.05) is 6.54 Å². The fourth-order valence-electron chi connectivity index (χ4n) is 3.37. The monoisotopic (exact) mass is 326 g/mol. The quantitative estimate of drug-likeness (QED) is 0.904. The van der Waals surface area contributed by atoms with E-state index in [9.17, 15) is 4.79 Å². The number of carbonyl (C=O) groups is 1. The third-order valence-corrected chi connectivity index (χ3v) is 5.06. The molecule has 4 atom stereocenters. The van der Waals surface area contributed by atoms with Gasteiger partial charge in [-0.2, -0.15) is 0 Å². The Balaban J connectivity index is 1.68. The second kappa shape index (κ2) is 5.79. The zero-order valence-electron chi connectivity index (χ0n) is 12.1. The third-order valence-electron chi connectivity index (χ3n) is 4.62. The van der Waals surface area contributed by atoms with Crippen LogP contribution >= 0.6 is 23.2 Å². The van der Waals surface area contributed by atoms with E-state index in [1.165, 1.54) is 0 Å². The lowest BCUT2D eigenvalue weighted by Crippen LogP contribution is -2.49. The first-order chi connectivity index (χ1) is 9.95. The Morgan fingerprint density at radius 2 is 1.90 bits per heavy atom. The normalized spacial score (nSPS) is 32.1. The molecule has 2 N–H and O–H groups in total. The topological polar surface area (TPSA) is 46.3 Å². The summed E-state index contributed by atoms with van der Waals surface area (Å²) in [6.07, 6.45) is 2.69. The molecule has 1 saturated carbocycles. The van der Waals surface area contributed by atoms with Gasteiger partial charge < -0.3 is 10.6 Å². The number of amides is 1. The van der Waals surface area contributed by atoms with Gasteiger partial charge in [0.05, 0.1) is 0 Å². The highest BCUT2D eigenvalue weighted by atomic mass is 35.5. The van der Waals surface area contributed by atoms with Gasteiger partial charge in [-0.25, -0.2) is 0 Å². The fraction of sp³-hybridized carbons (Fsp3) is 0.562. The molecule has 1 aromatic rings. The first kappa shape index (κ1) is 15.1. The van der Waals surface area contributed by atoms with Crippen molar-refractivity contribution < 1.29 is 4.79 Å². The summed E-state index contributed by atoms with van der Waals surface area (Å²) in [6.45, 7) is 2.87. The molecule has 0 spiro atoms. The van der Waals surface area contributed by atoms with Gasteiger partial charge in [0.25, 0.3) is 0 Å². The van der Waals surface area contributed by atoms with Gasteiger partial charge in [-0.05, 0) is 55.9 Å². The molecular weight excluding hydrogens is 307 g/mol. The molecule has 1 aromatic carbocycles. The Morgan fingerprint density at radius 1 is 1.24 bits per heavy atom. The fourth-order valence-corrected chi connectivity index (χ4v) is 3.92. The number of likely N-dealkylation sites (tertiary alicyclic amines) is 1. The average molecular weight is 327 g/mol. The van der Waals surface area contributed by atoms with Crippen molar-refractivity contribution in [3.63, 3.8) is 0 Å². The predicted octanol–water partition coefficient (Wildman–Crippen LogP) is 3.44.